The van der Waals surface area contributed by atoms with Crippen LogP contribution in [0.1, 0.15) is 16.8 Å². The van der Waals surface area contributed by atoms with Crippen LogP contribution in [0.15, 0.2) is 54.6 Å². The number of para-hydroxylation sites is 1. The number of hydrogen-bond acceptors (Lipinski definition) is 1. The van der Waals surface area contributed by atoms with Gasteiger partial charge in [0.2, 0.25) is 0 Å². The van der Waals surface area contributed by atoms with Gasteiger partial charge in [-0.15, -0.1) is 12.4 Å². The molecule has 0 saturated carbocycles. The second kappa shape index (κ2) is 6.60. The van der Waals surface area contributed by atoms with E-state index in [0.29, 0.717) is 0 Å². The number of aromatic nitrogens is 1. The number of aromatic amines is 1. The first-order valence-corrected chi connectivity index (χ1v) is 6.65. The molecule has 0 amide bonds. The third-order valence-electron chi connectivity index (χ3n) is 3.48. The van der Waals surface area contributed by atoms with Crippen LogP contribution in [0.3, 0.4) is 0 Å². The molecule has 0 spiro atoms. The van der Waals surface area contributed by atoms with Gasteiger partial charge in [-0.25, -0.2) is 0 Å². The number of hydrogen-bond donors (Lipinski definition) is 2. The Hall–Kier alpha value is -1.77. The van der Waals surface area contributed by atoms with E-state index in [0.717, 1.165) is 13.1 Å². The summed E-state index contributed by atoms with van der Waals surface area (Å²) in [7, 11) is 0. The standard InChI is InChI=1S/C17H18N2.ClH/c1-13-6-2-3-8-15(13)11-18-12-16-10-14-7-4-5-9-17(14)19-16;/h2-10,18-19H,11-12H2,1H3;1H. The number of H-pyrrole nitrogens is 1. The van der Waals surface area contributed by atoms with Crippen LogP contribution in [0.4, 0.5) is 0 Å². The Morgan fingerprint density at radius 1 is 0.950 bits per heavy atom. The lowest BCUT2D eigenvalue weighted by atomic mass is 10.1. The fraction of sp³-hybridized carbons (Fsp3) is 0.176. The van der Waals surface area contributed by atoms with Crippen LogP contribution in [0.2, 0.25) is 0 Å². The summed E-state index contributed by atoms with van der Waals surface area (Å²) in [6, 6.07) is 19.1. The molecular weight excluding hydrogens is 268 g/mol. The van der Waals surface area contributed by atoms with Crippen molar-refractivity contribution in [3.63, 3.8) is 0 Å². The molecule has 20 heavy (non-hydrogen) atoms. The van der Waals surface area contributed by atoms with Gasteiger partial charge in [-0.3, -0.25) is 0 Å². The van der Waals surface area contributed by atoms with E-state index in [9.17, 15) is 0 Å². The van der Waals surface area contributed by atoms with Crippen molar-refractivity contribution in [2.75, 3.05) is 0 Å². The van der Waals surface area contributed by atoms with Crippen molar-refractivity contribution in [3.8, 4) is 0 Å². The fourth-order valence-electron chi connectivity index (χ4n) is 2.37. The van der Waals surface area contributed by atoms with E-state index in [4.69, 9.17) is 0 Å². The predicted octanol–water partition coefficient (Wildman–Crippen LogP) is 4.19. The third kappa shape index (κ3) is 3.21. The topological polar surface area (TPSA) is 27.8 Å². The summed E-state index contributed by atoms with van der Waals surface area (Å²) in [5.41, 5.74) is 5.13. The Morgan fingerprint density at radius 2 is 1.70 bits per heavy atom. The average molecular weight is 287 g/mol. The summed E-state index contributed by atoms with van der Waals surface area (Å²) >= 11 is 0. The summed E-state index contributed by atoms with van der Waals surface area (Å²) in [4.78, 5) is 3.43. The van der Waals surface area contributed by atoms with E-state index in [1.165, 1.54) is 27.7 Å². The maximum Gasteiger partial charge on any atom is 0.0456 e. The minimum Gasteiger partial charge on any atom is -0.357 e. The Morgan fingerprint density at radius 3 is 2.50 bits per heavy atom. The second-order valence-corrected chi connectivity index (χ2v) is 4.91. The average Bonchev–Trinajstić information content (AvgIpc) is 2.83. The number of aryl methyl sites for hydroxylation is 1. The van der Waals surface area contributed by atoms with Crippen molar-refractivity contribution in [1.82, 2.24) is 10.3 Å². The van der Waals surface area contributed by atoms with Crippen LogP contribution in [0, 0.1) is 6.92 Å². The van der Waals surface area contributed by atoms with Gasteiger partial charge in [0.05, 0.1) is 0 Å². The number of fused-ring (bicyclic) bond motifs is 1. The summed E-state index contributed by atoms with van der Waals surface area (Å²) in [6.07, 6.45) is 0. The highest BCUT2D eigenvalue weighted by molar-refractivity contribution is 5.85. The van der Waals surface area contributed by atoms with Gasteiger partial charge >= 0.3 is 0 Å². The van der Waals surface area contributed by atoms with Crippen LogP contribution in [0.25, 0.3) is 10.9 Å². The lowest BCUT2D eigenvalue weighted by molar-refractivity contribution is 0.681. The molecule has 0 saturated heterocycles. The van der Waals surface area contributed by atoms with Crippen LogP contribution in [-0.4, -0.2) is 4.98 Å². The molecule has 1 aromatic heterocycles. The molecule has 0 aliphatic heterocycles. The first-order valence-electron chi connectivity index (χ1n) is 6.65. The zero-order chi connectivity index (χ0) is 13.1. The van der Waals surface area contributed by atoms with Crippen molar-refractivity contribution in [1.29, 1.82) is 0 Å². The van der Waals surface area contributed by atoms with Crippen LogP contribution in [0.5, 0.6) is 0 Å². The molecule has 0 fully saturated rings. The molecule has 2 aromatic carbocycles. The Kier molecular flexibility index (Phi) is 4.83. The van der Waals surface area contributed by atoms with Crippen molar-refractivity contribution in [2.24, 2.45) is 0 Å². The quantitative estimate of drug-likeness (QED) is 0.739. The number of rotatable bonds is 4. The highest BCUT2D eigenvalue weighted by Gasteiger charge is 2.00. The summed E-state index contributed by atoms with van der Waals surface area (Å²) in [5, 5.41) is 4.76. The highest BCUT2D eigenvalue weighted by Crippen LogP contribution is 2.14. The zero-order valence-electron chi connectivity index (χ0n) is 11.5. The largest absolute Gasteiger partial charge is 0.357 e. The van der Waals surface area contributed by atoms with Crippen LogP contribution in [-0.2, 0) is 13.1 Å². The highest BCUT2D eigenvalue weighted by atomic mass is 35.5. The maximum absolute atomic E-state index is 3.49. The number of benzene rings is 2. The lowest BCUT2D eigenvalue weighted by Gasteiger charge is -2.06. The van der Waals surface area contributed by atoms with E-state index in [-0.39, 0.29) is 12.4 Å². The summed E-state index contributed by atoms with van der Waals surface area (Å²) in [6.45, 7) is 3.92. The molecule has 3 aromatic rings. The molecule has 2 nitrogen and oxygen atoms in total. The van der Waals surface area contributed by atoms with Crippen molar-refractivity contribution >= 4 is 23.3 Å². The minimum absolute atomic E-state index is 0. The maximum atomic E-state index is 3.49. The third-order valence-corrected chi connectivity index (χ3v) is 3.48. The summed E-state index contributed by atoms with van der Waals surface area (Å²) in [5.74, 6) is 0. The molecule has 0 radical (unpaired) electrons. The van der Waals surface area contributed by atoms with Gasteiger partial charge in [-0.1, -0.05) is 42.5 Å². The Balaban J connectivity index is 0.00000147. The molecule has 0 unspecified atom stereocenters. The van der Waals surface area contributed by atoms with Crippen molar-refractivity contribution in [2.45, 2.75) is 20.0 Å². The molecule has 0 aliphatic carbocycles. The zero-order valence-corrected chi connectivity index (χ0v) is 12.3. The van der Waals surface area contributed by atoms with Gasteiger partial charge in [-0.2, -0.15) is 0 Å². The van der Waals surface area contributed by atoms with Crippen LogP contribution < -0.4 is 5.32 Å². The fourth-order valence-corrected chi connectivity index (χ4v) is 2.37. The van der Waals surface area contributed by atoms with Gasteiger partial charge in [0.25, 0.3) is 0 Å². The van der Waals surface area contributed by atoms with E-state index < -0.39 is 0 Å². The second-order valence-electron chi connectivity index (χ2n) is 4.91. The molecule has 3 heteroatoms. The molecule has 104 valence electrons. The molecule has 1 heterocycles. The molecular formula is C17H19ClN2. The smallest absolute Gasteiger partial charge is 0.0456 e. The van der Waals surface area contributed by atoms with Gasteiger partial charge in [-0.05, 0) is 35.6 Å². The van der Waals surface area contributed by atoms with Gasteiger partial charge in [0, 0.05) is 24.3 Å². The summed E-state index contributed by atoms with van der Waals surface area (Å²) < 4.78 is 0. The molecule has 2 N–H and O–H groups in total. The lowest BCUT2D eigenvalue weighted by Crippen LogP contribution is -2.13. The Labute approximate surface area is 125 Å². The van der Waals surface area contributed by atoms with Crippen LogP contribution >= 0.6 is 12.4 Å². The Bertz CT molecular complexity index is 655. The van der Waals surface area contributed by atoms with Gasteiger partial charge in [0.1, 0.15) is 0 Å². The molecule has 0 aliphatic rings. The minimum atomic E-state index is 0. The predicted molar refractivity (Wildman–Crippen MR) is 87.3 cm³/mol. The van der Waals surface area contributed by atoms with E-state index in [1.54, 1.807) is 0 Å². The first-order chi connectivity index (χ1) is 9.33. The van der Waals surface area contributed by atoms with E-state index in [2.05, 4.69) is 71.8 Å². The van der Waals surface area contributed by atoms with Crippen molar-refractivity contribution in [3.05, 3.63) is 71.4 Å². The first kappa shape index (κ1) is 14.6. The van der Waals surface area contributed by atoms with Gasteiger partial charge in [0.15, 0.2) is 0 Å². The molecule has 0 atom stereocenters. The van der Waals surface area contributed by atoms with Gasteiger partial charge < -0.3 is 10.3 Å². The monoisotopic (exact) mass is 286 g/mol. The van der Waals surface area contributed by atoms with Crippen molar-refractivity contribution < 1.29 is 0 Å². The van der Waals surface area contributed by atoms with E-state index in [1.807, 2.05) is 0 Å². The molecule has 3 rings (SSSR count). The normalized spacial score (nSPS) is 10.4. The number of nitrogens with one attached hydrogen (secondary N) is 2. The van der Waals surface area contributed by atoms with E-state index >= 15 is 0 Å². The number of halogens is 1. The SMILES string of the molecule is Cc1ccccc1CNCc1cc2ccccc2[nH]1.Cl. The molecule has 0 bridgehead atoms.